The summed E-state index contributed by atoms with van der Waals surface area (Å²) in [6.07, 6.45) is 0. The highest BCUT2D eigenvalue weighted by Gasteiger charge is 2.19. The van der Waals surface area contributed by atoms with Crippen molar-refractivity contribution < 1.29 is 4.42 Å². The maximum Gasteiger partial charge on any atom is 0.227 e. The molecule has 11 aromatic carbocycles. The molecule has 64 heavy (non-hydrogen) atoms. The van der Waals surface area contributed by atoms with E-state index in [-0.39, 0.29) is 0 Å². The standard InChI is InChI=1S/C61H40N2O/c1-3-14-43(15-4-1)52-21-11-12-25-58(52)63(50-37-32-45(33-38-50)56-40-48-18-7-8-20-51(48)54-22-9-10-23-55(54)56)49-35-30-42(31-36-49)41-26-28-44(29-27-41)53-24-13-19-46-34-39-57-60(59(46)53)64-61(62-57)47-16-5-2-6-17-47/h1-40H. The number of hydrogen-bond acceptors (Lipinski definition) is 3. The minimum absolute atomic E-state index is 0.630. The van der Waals surface area contributed by atoms with Crippen LogP contribution in [0.2, 0.25) is 0 Å². The number of nitrogens with zero attached hydrogens (tertiary/aromatic N) is 2. The van der Waals surface area contributed by atoms with E-state index in [1.807, 2.05) is 36.4 Å². The van der Waals surface area contributed by atoms with Gasteiger partial charge in [0.25, 0.3) is 0 Å². The van der Waals surface area contributed by atoms with E-state index in [9.17, 15) is 0 Å². The minimum atomic E-state index is 0.630. The van der Waals surface area contributed by atoms with Gasteiger partial charge in [-0.25, -0.2) is 4.98 Å². The molecule has 0 fully saturated rings. The SMILES string of the molecule is c1ccc(-c2nc3ccc4cccc(-c5ccc(-c6ccc(N(c7ccc(-c8cc9ccccc9c9ccccc89)cc7)c7ccccc7-c7ccccc7)cc6)cc5)c4c3o2)cc1. The van der Waals surface area contributed by atoms with Crippen LogP contribution in [0.15, 0.2) is 247 Å². The number of oxazole rings is 1. The average Bonchev–Trinajstić information content (AvgIpc) is 3.83. The molecule has 0 aliphatic rings. The molecule has 0 bridgehead atoms. The average molecular weight is 817 g/mol. The second-order valence-corrected chi connectivity index (χ2v) is 16.3. The molecular formula is C61H40N2O. The maximum atomic E-state index is 6.49. The first-order valence-corrected chi connectivity index (χ1v) is 21.8. The van der Waals surface area contributed by atoms with Gasteiger partial charge in [0.2, 0.25) is 5.89 Å². The molecule has 1 aromatic heterocycles. The molecule has 0 saturated heterocycles. The lowest BCUT2D eigenvalue weighted by molar-refractivity contribution is 0.623. The van der Waals surface area contributed by atoms with Crippen LogP contribution in [0.5, 0.6) is 0 Å². The fraction of sp³-hybridized carbons (Fsp3) is 0. The number of hydrogen-bond donors (Lipinski definition) is 0. The molecule has 0 spiro atoms. The Morgan fingerprint density at radius 2 is 0.844 bits per heavy atom. The van der Waals surface area contributed by atoms with Crippen LogP contribution < -0.4 is 4.90 Å². The second-order valence-electron chi connectivity index (χ2n) is 16.3. The molecule has 3 heteroatoms. The van der Waals surface area contributed by atoms with Crippen molar-refractivity contribution >= 4 is 60.5 Å². The number of para-hydroxylation sites is 1. The largest absolute Gasteiger partial charge is 0.435 e. The molecule has 12 aromatic rings. The van der Waals surface area contributed by atoms with Gasteiger partial charge >= 0.3 is 0 Å². The maximum absolute atomic E-state index is 6.49. The topological polar surface area (TPSA) is 29.3 Å². The highest BCUT2D eigenvalue weighted by atomic mass is 16.3. The van der Waals surface area contributed by atoms with Crippen LogP contribution in [0.25, 0.3) is 99.4 Å². The zero-order valence-electron chi connectivity index (χ0n) is 34.9. The van der Waals surface area contributed by atoms with Crippen LogP contribution in [0.3, 0.4) is 0 Å². The zero-order valence-corrected chi connectivity index (χ0v) is 34.9. The fourth-order valence-corrected chi connectivity index (χ4v) is 9.39. The molecule has 0 aliphatic carbocycles. The highest BCUT2D eigenvalue weighted by Crippen LogP contribution is 2.43. The fourth-order valence-electron chi connectivity index (χ4n) is 9.39. The van der Waals surface area contributed by atoms with E-state index < -0.39 is 0 Å². The van der Waals surface area contributed by atoms with E-state index in [0.717, 1.165) is 66.8 Å². The Kier molecular flexibility index (Phi) is 9.16. The first-order valence-electron chi connectivity index (χ1n) is 21.8. The van der Waals surface area contributed by atoms with Gasteiger partial charge in [-0.2, -0.15) is 0 Å². The van der Waals surface area contributed by atoms with Crippen molar-refractivity contribution in [3.63, 3.8) is 0 Å². The number of aromatic nitrogens is 1. The first kappa shape index (κ1) is 37.2. The molecule has 1 heterocycles. The lowest BCUT2D eigenvalue weighted by atomic mass is 9.93. The number of benzene rings is 11. The first-order chi connectivity index (χ1) is 31.7. The Labute approximate surface area is 371 Å². The van der Waals surface area contributed by atoms with Crippen LogP contribution in [0.1, 0.15) is 0 Å². The third-order valence-electron chi connectivity index (χ3n) is 12.5. The summed E-state index contributed by atoms with van der Waals surface area (Å²) in [6.45, 7) is 0. The quantitative estimate of drug-likeness (QED) is 0.143. The Morgan fingerprint density at radius 1 is 0.328 bits per heavy atom. The molecule has 0 amide bonds. The van der Waals surface area contributed by atoms with Crippen LogP contribution in [0, 0.1) is 0 Å². The highest BCUT2D eigenvalue weighted by molar-refractivity contribution is 6.14. The summed E-state index contributed by atoms with van der Waals surface area (Å²) in [5, 5.41) is 7.24. The van der Waals surface area contributed by atoms with E-state index in [1.54, 1.807) is 0 Å². The summed E-state index contributed by atoms with van der Waals surface area (Å²) in [5.41, 5.74) is 15.2. The second kappa shape index (κ2) is 15.7. The smallest absolute Gasteiger partial charge is 0.227 e. The normalized spacial score (nSPS) is 11.4. The van der Waals surface area contributed by atoms with Gasteiger partial charge in [0.05, 0.1) is 5.69 Å². The molecule has 0 unspecified atom stereocenters. The van der Waals surface area contributed by atoms with E-state index in [1.165, 1.54) is 43.8 Å². The predicted molar refractivity (Wildman–Crippen MR) is 268 cm³/mol. The zero-order chi connectivity index (χ0) is 42.4. The summed E-state index contributed by atoms with van der Waals surface area (Å²) >= 11 is 0. The third-order valence-corrected chi connectivity index (χ3v) is 12.5. The van der Waals surface area contributed by atoms with Crippen LogP contribution >= 0.6 is 0 Å². The van der Waals surface area contributed by atoms with Gasteiger partial charge in [0.15, 0.2) is 5.58 Å². The van der Waals surface area contributed by atoms with Crippen molar-refractivity contribution in [3.8, 4) is 56.0 Å². The Morgan fingerprint density at radius 3 is 1.58 bits per heavy atom. The molecular weight excluding hydrogens is 777 g/mol. The predicted octanol–water partition coefficient (Wildman–Crippen LogP) is 17.1. The lowest BCUT2D eigenvalue weighted by Gasteiger charge is -2.28. The molecule has 0 aliphatic heterocycles. The molecule has 0 atom stereocenters. The summed E-state index contributed by atoms with van der Waals surface area (Å²) in [4.78, 5) is 7.25. The van der Waals surface area contributed by atoms with Gasteiger partial charge in [-0.3, -0.25) is 0 Å². The van der Waals surface area contributed by atoms with Crippen molar-refractivity contribution in [3.05, 3.63) is 243 Å². The number of anilines is 3. The van der Waals surface area contributed by atoms with Crippen LogP contribution in [-0.2, 0) is 0 Å². The number of fused-ring (bicyclic) bond motifs is 6. The molecule has 0 radical (unpaired) electrons. The Balaban J connectivity index is 0.910. The third kappa shape index (κ3) is 6.59. The Bertz CT molecular complexity index is 3630. The molecule has 300 valence electrons. The van der Waals surface area contributed by atoms with Gasteiger partial charge in [0.1, 0.15) is 5.52 Å². The summed E-state index contributed by atoms with van der Waals surface area (Å²) in [7, 11) is 0. The van der Waals surface area contributed by atoms with E-state index in [0.29, 0.717) is 5.89 Å². The monoisotopic (exact) mass is 816 g/mol. The van der Waals surface area contributed by atoms with Gasteiger partial charge < -0.3 is 9.32 Å². The Hall–Kier alpha value is -8.53. The van der Waals surface area contributed by atoms with Crippen molar-refractivity contribution in [2.45, 2.75) is 0 Å². The summed E-state index contributed by atoms with van der Waals surface area (Å²) in [6, 6.07) is 86.7. The molecule has 0 N–H and O–H groups in total. The van der Waals surface area contributed by atoms with Gasteiger partial charge in [0, 0.05) is 27.9 Å². The molecule has 0 saturated carbocycles. The van der Waals surface area contributed by atoms with Gasteiger partial charge in [-0.1, -0.05) is 188 Å². The minimum Gasteiger partial charge on any atom is -0.435 e. The van der Waals surface area contributed by atoms with Gasteiger partial charge in [-0.15, -0.1) is 0 Å². The van der Waals surface area contributed by atoms with Crippen LogP contribution in [0.4, 0.5) is 17.1 Å². The van der Waals surface area contributed by atoms with Crippen molar-refractivity contribution in [2.24, 2.45) is 0 Å². The lowest BCUT2D eigenvalue weighted by Crippen LogP contribution is -2.11. The molecule has 3 nitrogen and oxygen atoms in total. The van der Waals surface area contributed by atoms with Crippen molar-refractivity contribution in [1.82, 2.24) is 4.98 Å². The summed E-state index contributed by atoms with van der Waals surface area (Å²) < 4.78 is 6.49. The number of rotatable bonds is 8. The van der Waals surface area contributed by atoms with E-state index in [4.69, 9.17) is 9.40 Å². The van der Waals surface area contributed by atoms with Gasteiger partial charge in [-0.05, 0) is 120 Å². The van der Waals surface area contributed by atoms with Crippen molar-refractivity contribution in [1.29, 1.82) is 0 Å². The van der Waals surface area contributed by atoms with Crippen LogP contribution in [-0.4, -0.2) is 4.98 Å². The van der Waals surface area contributed by atoms with Crippen molar-refractivity contribution in [2.75, 3.05) is 4.90 Å². The van der Waals surface area contributed by atoms with E-state index in [2.05, 4.69) is 211 Å². The van der Waals surface area contributed by atoms with E-state index >= 15 is 0 Å². The molecule has 12 rings (SSSR count). The summed E-state index contributed by atoms with van der Waals surface area (Å²) in [5.74, 6) is 0.630.